The van der Waals surface area contributed by atoms with E-state index in [0.29, 0.717) is 12.3 Å². The van der Waals surface area contributed by atoms with Gasteiger partial charge in [-0.3, -0.25) is 0 Å². The predicted molar refractivity (Wildman–Crippen MR) is 109 cm³/mol. The van der Waals surface area contributed by atoms with Crippen molar-refractivity contribution in [2.45, 2.75) is 56.7 Å². The summed E-state index contributed by atoms with van der Waals surface area (Å²) in [5.41, 5.74) is 0. The Morgan fingerprint density at radius 1 is 1.09 bits per heavy atom. The smallest absolute Gasteiger partial charge is 0.547 e. The molecule has 1 aliphatic heterocycles. The van der Waals surface area contributed by atoms with Crippen LogP contribution in [-0.2, 0) is 14.3 Å². The normalized spacial score (nSPS) is 26.5. The quantitative estimate of drug-likeness (QED) is 0.279. The van der Waals surface area contributed by atoms with Gasteiger partial charge in [-0.1, -0.05) is 50.2 Å². The van der Waals surface area contributed by atoms with Crippen LogP contribution in [0.5, 0.6) is 5.75 Å². The van der Waals surface area contributed by atoms with Crippen molar-refractivity contribution >= 4 is 16.7 Å². The van der Waals surface area contributed by atoms with E-state index in [4.69, 9.17) is 14.2 Å². The molecule has 10 heteroatoms. The summed E-state index contributed by atoms with van der Waals surface area (Å²) in [7, 11) is 0. The molecule has 1 fully saturated rings. The number of fused-ring (bicyclic) bond motifs is 1. The van der Waals surface area contributed by atoms with Gasteiger partial charge in [0.25, 0.3) is 0 Å². The summed E-state index contributed by atoms with van der Waals surface area (Å²) in [6.07, 6.45) is -9.23. The van der Waals surface area contributed by atoms with Gasteiger partial charge >= 0.3 is 29.6 Å². The minimum absolute atomic E-state index is 0. The molecule has 2 aromatic rings. The Bertz CT molecular complexity index is 877. The molecule has 6 unspecified atom stereocenters. The van der Waals surface area contributed by atoms with E-state index < -0.39 is 42.8 Å². The largest absolute Gasteiger partial charge is 1.00 e. The maximum absolute atomic E-state index is 11.2. The van der Waals surface area contributed by atoms with Crippen molar-refractivity contribution in [3.05, 3.63) is 42.5 Å². The van der Waals surface area contributed by atoms with Crippen molar-refractivity contribution in [1.82, 2.24) is 5.32 Å². The number of aliphatic hydroxyl groups is 3. The summed E-state index contributed by atoms with van der Waals surface area (Å²) >= 11 is 0. The third-order valence-electron chi connectivity index (χ3n) is 5.06. The Morgan fingerprint density at radius 3 is 2.47 bits per heavy atom. The van der Waals surface area contributed by atoms with Crippen molar-refractivity contribution in [2.24, 2.45) is 0 Å². The van der Waals surface area contributed by atoms with Gasteiger partial charge in [0, 0.05) is 18.0 Å². The summed E-state index contributed by atoms with van der Waals surface area (Å²) < 4.78 is 16.9. The molecule has 0 spiro atoms. The number of aliphatic carboxylic acids is 1. The first-order valence-electron chi connectivity index (χ1n) is 10.2. The monoisotopic (exact) mass is 457 g/mol. The molecule has 0 amide bonds. The van der Waals surface area contributed by atoms with Crippen molar-refractivity contribution in [1.29, 1.82) is 0 Å². The number of carbonyl (C=O) groups is 1. The SMILES string of the molecule is CC(C)NCC(COc1cccc2ccccc12)OC1OC(C(=O)[O-])C(O)C(O)C1O.[Na+]. The second-order valence-electron chi connectivity index (χ2n) is 7.83. The van der Waals surface area contributed by atoms with Crippen LogP contribution in [0.2, 0.25) is 0 Å². The first-order chi connectivity index (χ1) is 14.8. The second kappa shape index (κ2) is 12.3. The van der Waals surface area contributed by atoms with Gasteiger partial charge in [0.2, 0.25) is 0 Å². The number of nitrogens with one attached hydrogen (secondary N) is 1. The molecule has 4 N–H and O–H groups in total. The first kappa shape index (κ1) is 27.0. The molecule has 1 aliphatic rings. The third-order valence-corrected chi connectivity index (χ3v) is 5.06. The van der Waals surface area contributed by atoms with Crippen LogP contribution < -0.4 is 44.7 Å². The molecular formula is C22H28NNaO8. The molecule has 0 saturated carbocycles. The number of carboxylic acids is 1. The Morgan fingerprint density at radius 2 is 1.78 bits per heavy atom. The van der Waals surface area contributed by atoms with Crippen LogP contribution in [0.1, 0.15) is 13.8 Å². The minimum atomic E-state index is -1.83. The fraction of sp³-hybridized carbons (Fsp3) is 0.500. The molecule has 0 aliphatic carbocycles. The molecule has 32 heavy (non-hydrogen) atoms. The van der Waals surface area contributed by atoms with E-state index in [-0.39, 0.29) is 42.2 Å². The summed E-state index contributed by atoms with van der Waals surface area (Å²) in [6.45, 7) is 4.26. The second-order valence-corrected chi connectivity index (χ2v) is 7.83. The fourth-order valence-corrected chi connectivity index (χ4v) is 3.36. The van der Waals surface area contributed by atoms with Gasteiger partial charge < -0.3 is 44.7 Å². The molecule has 1 saturated heterocycles. The molecule has 0 bridgehead atoms. The summed E-state index contributed by atoms with van der Waals surface area (Å²) in [5.74, 6) is -1.07. The molecule has 6 atom stereocenters. The fourth-order valence-electron chi connectivity index (χ4n) is 3.36. The number of carboxylic acid groups (broad SMARTS) is 1. The van der Waals surface area contributed by atoms with Gasteiger partial charge in [-0.2, -0.15) is 0 Å². The van der Waals surface area contributed by atoms with Gasteiger partial charge in [0.15, 0.2) is 6.29 Å². The van der Waals surface area contributed by atoms with Crippen LogP contribution >= 0.6 is 0 Å². The Hall–Kier alpha value is -1.27. The summed E-state index contributed by atoms with van der Waals surface area (Å²) in [4.78, 5) is 11.2. The number of benzene rings is 2. The van der Waals surface area contributed by atoms with Gasteiger partial charge in [-0.05, 0) is 11.5 Å². The van der Waals surface area contributed by atoms with Crippen LogP contribution in [0.3, 0.4) is 0 Å². The zero-order chi connectivity index (χ0) is 22.5. The Balaban J connectivity index is 0.00000363. The average molecular weight is 457 g/mol. The van der Waals surface area contributed by atoms with Crippen molar-refractivity contribution in [2.75, 3.05) is 13.2 Å². The molecule has 3 rings (SSSR count). The van der Waals surface area contributed by atoms with Crippen molar-refractivity contribution in [3.63, 3.8) is 0 Å². The van der Waals surface area contributed by atoms with Crippen LogP contribution in [0.4, 0.5) is 0 Å². The van der Waals surface area contributed by atoms with E-state index in [1.807, 2.05) is 56.3 Å². The first-order valence-corrected chi connectivity index (χ1v) is 10.2. The van der Waals surface area contributed by atoms with Gasteiger partial charge in [-0.25, -0.2) is 0 Å². The van der Waals surface area contributed by atoms with E-state index in [0.717, 1.165) is 10.8 Å². The molecule has 0 aromatic heterocycles. The summed E-state index contributed by atoms with van der Waals surface area (Å²) in [6, 6.07) is 13.5. The average Bonchev–Trinajstić information content (AvgIpc) is 2.75. The van der Waals surface area contributed by atoms with E-state index in [9.17, 15) is 25.2 Å². The standard InChI is InChI=1S/C22H29NO8.Na/c1-12(2)23-10-14(11-29-16-9-5-7-13-6-3-4-8-15(13)16)30-22-19(26)17(24)18(25)20(31-22)21(27)28;/h3-9,12,14,17-20,22-26H,10-11H2,1-2H3,(H,27,28);/q;+1/p-1. The number of hydrogen-bond donors (Lipinski definition) is 4. The molecule has 1 heterocycles. The number of carbonyl (C=O) groups excluding carboxylic acids is 1. The summed E-state index contributed by atoms with van der Waals surface area (Å²) in [5, 5.41) is 46.4. The van der Waals surface area contributed by atoms with E-state index in [2.05, 4.69) is 5.32 Å². The van der Waals surface area contributed by atoms with Gasteiger partial charge in [0.05, 0.1) is 5.97 Å². The number of aliphatic hydroxyl groups excluding tert-OH is 3. The van der Waals surface area contributed by atoms with E-state index in [1.54, 1.807) is 0 Å². The van der Waals surface area contributed by atoms with Gasteiger partial charge in [-0.15, -0.1) is 0 Å². The van der Waals surface area contributed by atoms with Crippen molar-refractivity contribution in [3.8, 4) is 5.75 Å². The van der Waals surface area contributed by atoms with Crippen LogP contribution in [0, 0.1) is 0 Å². The van der Waals surface area contributed by atoms with Crippen LogP contribution in [0.15, 0.2) is 42.5 Å². The Labute approximate surface area is 208 Å². The molecule has 0 radical (unpaired) electrons. The predicted octanol–water partition coefficient (Wildman–Crippen LogP) is -3.84. The Kier molecular flexibility index (Phi) is 10.3. The zero-order valence-electron chi connectivity index (χ0n) is 18.4. The maximum atomic E-state index is 11.2. The molecule has 9 nitrogen and oxygen atoms in total. The van der Waals surface area contributed by atoms with Crippen molar-refractivity contribution < 1.29 is 69.0 Å². The molecular weight excluding hydrogens is 429 g/mol. The van der Waals surface area contributed by atoms with Crippen LogP contribution in [-0.4, -0.2) is 77.3 Å². The van der Waals surface area contributed by atoms with Crippen LogP contribution in [0.25, 0.3) is 10.8 Å². The molecule has 2 aromatic carbocycles. The zero-order valence-corrected chi connectivity index (χ0v) is 20.4. The number of rotatable bonds is 9. The minimum Gasteiger partial charge on any atom is -0.547 e. The topological polar surface area (TPSA) is 141 Å². The van der Waals surface area contributed by atoms with Gasteiger partial charge in [0.1, 0.15) is 42.9 Å². The number of ether oxygens (including phenoxy) is 3. The molecule has 170 valence electrons. The number of hydrogen-bond acceptors (Lipinski definition) is 9. The third kappa shape index (κ3) is 6.63. The van der Waals surface area contributed by atoms with E-state index in [1.165, 1.54) is 0 Å². The maximum Gasteiger partial charge on any atom is 1.00 e. The van der Waals surface area contributed by atoms with E-state index >= 15 is 0 Å².